The minimum absolute atomic E-state index is 0.0139. The van der Waals surface area contributed by atoms with Crippen LogP contribution in [0.4, 0.5) is 10.1 Å². The molecule has 2 aliphatic rings. The van der Waals surface area contributed by atoms with Gasteiger partial charge in [0.2, 0.25) is 5.91 Å². The summed E-state index contributed by atoms with van der Waals surface area (Å²) in [6, 6.07) is 18.4. The number of ketones is 1. The highest BCUT2D eigenvalue weighted by atomic mass is 19.1. The molecule has 2 heterocycles. The number of nitrogens with one attached hydrogen (secondary N) is 2. The Hall–Kier alpha value is -2.77. The molecule has 2 aliphatic heterocycles. The van der Waals surface area contributed by atoms with E-state index in [0.29, 0.717) is 38.2 Å². The topological polar surface area (TPSA) is 64.7 Å². The Morgan fingerprint density at radius 1 is 1.06 bits per heavy atom. The predicted molar refractivity (Wildman–Crippen MR) is 128 cm³/mol. The number of halogens is 1. The van der Waals surface area contributed by atoms with Crippen LogP contribution in [-0.2, 0) is 4.79 Å². The van der Waals surface area contributed by atoms with Gasteiger partial charge in [-0.1, -0.05) is 62.4 Å². The molecule has 0 aliphatic carbocycles. The Bertz CT molecular complexity index is 945. The number of para-hydroxylation sites is 1. The van der Waals surface area contributed by atoms with Gasteiger partial charge in [0, 0.05) is 36.8 Å². The normalized spacial score (nSPS) is 20.1. The monoisotopic (exact) mass is 452 g/mol. The smallest absolute Gasteiger partial charge is 0.247 e. The maximum atomic E-state index is 15.5. The highest BCUT2D eigenvalue weighted by Gasteiger charge is 2.51. The average Bonchev–Trinajstić information content (AvgIpc) is 3.14. The molecule has 176 valence electrons. The fraction of sp³-hybridized carbons (Fsp3) is 0.462. The van der Waals surface area contributed by atoms with Crippen molar-refractivity contribution < 1.29 is 14.0 Å². The summed E-state index contributed by atoms with van der Waals surface area (Å²) in [5.41, 5.74) is 0.935. The van der Waals surface area contributed by atoms with E-state index in [1.54, 1.807) is 17.0 Å². The van der Waals surface area contributed by atoms with Crippen LogP contribution in [0.5, 0.6) is 0 Å². The van der Waals surface area contributed by atoms with E-state index < -0.39 is 17.9 Å². The van der Waals surface area contributed by atoms with Gasteiger partial charge in [0.15, 0.2) is 12.1 Å². The van der Waals surface area contributed by atoms with Gasteiger partial charge in [-0.3, -0.25) is 14.5 Å². The molecule has 4 rings (SSSR count). The first kappa shape index (κ1) is 23.4. The molecule has 2 unspecified atom stereocenters. The van der Waals surface area contributed by atoms with Crippen LogP contribution in [0, 0.1) is 0 Å². The zero-order valence-electron chi connectivity index (χ0n) is 19.3. The number of Topliss-reactive ketones (excluding diaryl/α,β-unsaturated/α-hetero) is 1. The predicted octanol–water partition coefficient (Wildman–Crippen LogP) is 3.35. The third-order valence-corrected chi connectivity index (χ3v) is 6.77. The van der Waals surface area contributed by atoms with Crippen LogP contribution in [0.2, 0.25) is 0 Å². The number of alkyl halides is 1. The molecule has 2 aromatic rings. The number of likely N-dealkylation sites (tertiary alicyclic amines) is 1. The summed E-state index contributed by atoms with van der Waals surface area (Å²) in [4.78, 5) is 29.8. The molecule has 0 radical (unpaired) electrons. The average molecular weight is 453 g/mol. The summed E-state index contributed by atoms with van der Waals surface area (Å²) in [6.07, 6.45) is -0.0968. The number of anilines is 1. The Balaban J connectivity index is 1.43. The lowest BCUT2D eigenvalue weighted by Gasteiger charge is -2.44. The van der Waals surface area contributed by atoms with Crippen LogP contribution in [0.15, 0.2) is 60.7 Å². The van der Waals surface area contributed by atoms with Crippen LogP contribution in [0.3, 0.4) is 0 Å². The first-order valence-corrected chi connectivity index (χ1v) is 11.7. The Labute approximate surface area is 195 Å². The maximum Gasteiger partial charge on any atom is 0.247 e. The lowest BCUT2D eigenvalue weighted by atomic mass is 9.85. The van der Waals surface area contributed by atoms with Crippen LogP contribution in [0.1, 0.15) is 43.5 Å². The van der Waals surface area contributed by atoms with Gasteiger partial charge in [-0.05, 0) is 25.0 Å². The van der Waals surface area contributed by atoms with Crippen LogP contribution < -0.4 is 15.5 Å². The van der Waals surface area contributed by atoms with E-state index in [2.05, 4.69) is 15.5 Å². The number of rotatable bonds is 8. The van der Waals surface area contributed by atoms with E-state index >= 15 is 4.39 Å². The molecule has 0 saturated carbocycles. The van der Waals surface area contributed by atoms with Gasteiger partial charge in [-0.15, -0.1) is 0 Å². The molecule has 0 aromatic heterocycles. The van der Waals surface area contributed by atoms with Crippen molar-refractivity contribution in [2.75, 3.05) is 24.7 Å². The molecule has 1 amide bonds. The zero-order valence-corrected chi connectivity index (χ0v) is 19.3. The number of carbonyl (C=O) groups is 2. The van der Waals surface area contributed by atoms with Gasteiger partial charge in [0.1, 0.15) is 5.54 Å². The van der Waals surface area contributed by atoms with E-state index in [1.807, 2.05) is 62.4 Å². The molecule has 33 heavy (non-hydrogen) atoms. The summed E-state index contributed by atoms with van der Waals surface area (Å²) in [5, 5.41) is 6.22. The second-order valence-electron chi connectivity index (χ2n) is 9.27. The highest BCUT2D eigenvalue weighted by molar-refractivity contribution is 6.00. The van der Waals surface area contributed by atoms with E-state index in [4.69, 9.17) is 0 Å². The van der Waals surface area contributed by atoms with Crippen LogP contribution >= 0.6 is 0 Å². The quantitative estimate of drug-likeness (QED) is 0.475. The molecule has 2 atom stereocenters. The maximum absolute atomic E-state index is 15.5. The van der Waals surface area contributed by atoms with Crippen molar-refractivity contribution in [3.8, 4) is 0 Å². The highest BCUT2D eigenvalue weighted by Crippen LogP contribution is 2.37. The van der Waals surface area contributed by atoms with Gasteiger partial charge in [-0.25, -0.2) is 4.39 Å². The fourth-order valence-corrected chi connectivity index (χ4v) is 5.01. The van der Waals surface area contributed by atoms with Crippen molar-refractivity contribution in [3.05, 3.63) is 66.2 Å². The van der Waals surface area contributed by atoms with Crippen LogP contribution in [-0.4, -0.2) is 60.3 Å². The van der Waals surface area contributed by atoms with Gasteiger partial charge >= 0.3 is 0 Å². The van der Waals surface area contributed by atoms with E-state index in [9.17, 15) is 9.59 Å². The third kappa shape index (κ3) is 4.94. The molecule has 0 bridgehead atoms. The van der Waals surface area contributed by atoms with Gasteiger partial charge < -0.3 is 15.5 Å². The summed E-state index contributed by atoms with van der Waals surface area (Å²) in [5.74, 6) is -0.0779. The molecule has 2 saturated heterocycles. The van der Waals surface area contributed by atoms with Gasteiger partial charge in [0.05, 0.1) is 12.7 Å². The number of nitrogens with zero attached hydrogens (tertiary/aromatic N) is 2. The Morgan fingerprint density at radius 3 is 2.27 bits per heavy atom. The lowest BCUT2D eigenvalue weighted by Crippen LogP contribution is -2.58. The number of carbonyl (C=O) groups excluding carboxylic acids is 2. The summed E-state index contributed by atoms with van der Waals surface area (Å²) in [7, 11) is 0. The SMILES string of the molecule is CC(C)NC(CC(F)N1CCC2(CC1)C(=O)NCN2c1ccccc1)C(=O)c1ccccc1. The number of piperidine rings is 1. The van der Waals surface area contributed by atoms with Crippen molar-refractivity contribution in [3.63, 3.8) is 0 Å². The van der Waals surface area contributed by atoms with Crippen molar-refractivity contribution in [2.24, 2.45) is 0 Å². The van der Waals surface area contributed by atoms with Crippen molar-refractivity contribution in [1.82, 2.24) is 15.5 Å². The molecule has 2 aromatic carbocycles. The first-order chi connectivity index (χ1) is 15.9. The summed E-state index contributed by atoms with van der Waals surface area (Å²) < 4.78 is 15.5. The van der Waals surface area contributed by atoms with Gasteiger partial charge in [-0.2, -0.15) is 0 Å². The Kier molecular flexibility index (Phi) is 7.10. The molecule has 2 N–H and O–H groups in total. The molecule has 2 fully saturated rings. The zero-order chi connectivity index (χ0) is 23.4. The van der Waals surface area contributed by atoms with E-state index in [-0.39, 0.29) is 24.2 Å². The minimum atomic E-state index is -1.26. The molecule has 6 nitrogen and oxygen atoms in total. The number of benzene rings is 2. The largest absolute Gasteiger partial charge is 0.339 e. The van der Waals surface area contributed by atoms with Crippen LogP contribution in [0.25, 0.3) is 0 Å². The molecular weight excluding hydrogens is 419 g/mol. The second kappa shape index (κ2) is 10.0. The van der Waals surface area contributed by atoms with Crippen molar-refractivity contribution in [2.45, 2.75) is 57.0 Å². The van der Waals surface area contributed by atoms with Crippen molar-refractivity contribution >= 4 is 17.4 Å². The standard InChI is InChI=1S/C26H33FN4O2/c1-19(2)29-22(24(32)20-9-5-3-6-10-20)17-23(27)30-15-13-26(14-16-30)25(33)28-18-31(26)21-11-7-4-8-12-21/h3-12,19,22-23,29H,13-18H2,1-2H3,(H,28,33). The molecular formula is C26H33FN4O2. The minimum Gasteiger partial charge on any atom is -0.339 e. The number of amides is 1. The fourth-order valence-electron chi connectivity index (χ4n) is 5.01. The van der Waals surface area contributed by atoms with E-state index in [1.165, 1.54) is 0 Å². The summed E-state index contributed by atoms with van der Waals surface area (Å²) in [6.45, 7) is 5.31. The first-order valence-electron chi connectivity index (χ1n) is 11.7. The van der Waals surface area contributed by atoms with Gasteiger partial charge in [0.25, 0.3) is 0 Å². The summed E-state index contributed by atoms with van der Waals surface area (Å²) >= 11 is 0. The van der Waals surface area contributed by atoms with E-state index in [0.717, 1.165) is 5.69 Å². The van der Waals surface area contributed by atoms with Crippen molar-refractivity contribution in [1.29, 1.82) is 0 Å². The molecule has 1 spiro atoms. The second-order valence-corrected chi connectivity index (χ2v) is 9.27. The number of hydrogen-bond acceptors (Lipinski definition) is 5. The molecule has 7 heteroatoms. The number of hydrogen-bond donors (Lipinski definition) is 2. The lowest BCUT2D eigenvalue weighted by molar-refractivity contribution is -0.125. The Morgan fingerprint density at radius 2 is 1.67 bits per heavy atom. The third-order valence-electron chi connectivity index (χ3n) is 6.77.